The third-order valence-electron chi connectivity index (χ3n) is 2.08. The molecular formula is C10H8ClFN4O. The number of benzene rings is 1. The summed E-state index contributed by atoms with van der Waals surface area (Å²) in [5.74, 6) is -0.728. The van der Waals surface area contributed by atoms with Crippen LogP contribution in [-0.2, 0) is 0 Å². The zero-order valence-corrected chi connectivity index (χ0v) is 9.25. The topological polar surface area (TPSA) is 83.8 Å². The van der Waals surface area contributed by atoms with Gasteiger partial charge in [-0.1, -0.05) is 11.6 Å². The summed E-state index contributed by atoms with van der Waals surface area (Å²) in [6, 6.07) is 3.50. The molecule has 1 heterocycles. The molecule has 7 heteroatoms. The highest BCUT2D eigenvalue weighted by molar-refractivity contribution is 6.34. The molecule has 0 spiro atoms. The number of nitrogens with two attached hydrogens (primary N) is 1. The van der Waals surface area contributed by atoms with Crippen molar-refractivity contribution in [3.63, 3.8) is 0 Å². The number of anilines is 2. The Morgan fingerprint density at radius 1 is 1.53 bits per heavy atom. The van der Waals surface area contributed by atoms with Crippen LogP contribution in [-0.4, -0.2) is 16.1 Å². The number of amides is 1. The van der Waals surface area contributed by atoms with Crippen LogP contribution in [0.5, 0.6) is 0 Å². The average Bonchev–Trinajstić information content (AvgIpc) is 2.64. The Labute approximate surface area is 101 Å². The van der Waals surface area contributed by atoms with Crippen molar-refractivity contribution in [3.8, 4) is 0 Å². The largest absolute Gasteiger partial charge is 0.394 e. The number of rotatable bonds is 2. The first-order valence-electron chi connectivity index (χ1n) is 4.63. The van der Waals surface area contributed by atoms with Crippen molar-refractivity contribution in [2.75, 3.05) is 11.1 Å². The monoisotopic (exact) mass is 254 g/mol. The Bertz CT molecular complexity index is 569. The predicted molar refractivity (Wildman–Crippen MR) is 62.4 cm³/mol. The number of hydrogen-bond donors (Lipinski definition) is 3. The van der Waals surface area contributed by atoms with Crippen LogP contribution >= 0.6 is 11.6 Å². The molecule has 0 aliphatic heterocycles. The lowest BCUT2D eigenvalue weighted by molar-refractivity contribution is 0.102. The van der Waals surface area contributed by atoms with Gasteiger partial charge in [0.2, 0.25) is 0 Å². The number of aromatic nitrogens is 2. The maximum atomic E-state index is 12.8. The fourth-order valence-corrected chi connectivity index (χ4v) is 1.50. The van der Waals surface area contributed by atoms with Gasteiger partial charge in [-0.05, 0) is 18.2 Å². The first-order valence-corrected chi connectivity index (χ1v) is 5.01. The lowest BCUT2D eigenvalue weighted by atomic mass is 10.2. The van der Waals surface area contributed by atoms with E-state index in [0.717, 1.165) is 12.1 Å². The number of H-pyrrole nitrogens is 1. The van der Waals surface area contributed by atoms with E-state index in [1.807, 2.05) is 0 Å². The van der Waals surface area contributed by atoms with Crippen LogP contribution < -0.4 is 11.1 Å². The molecule has 1 aromatic carbocycles. The second kappa shape index (κ2) is 4.42. The number of nitrogens with zero attached hydrogens (tertiary/aromatic N) is 1. The third-order valence-corrected chi connectivity index (χ3v) is 2.40. The highest BCUT2D eigenvalue weighted by Gasteiger charge is 2.13. The van der Waals surface area contributed by atoms with Gasteiger partial charge in [0.05, 0.1) is 22.5 Å². The molecule has 0 bridgehead atoms. The predicted octanol–water partition coefficient (Wildman–Crippen LogP) is 2.04. The normalized spacial score (nSPS) is 10.2. The SMILES string of the molecule is Nc1cn[nH]c1NC(=O)c1ccc(F)cc1Cl. The maximum absolute atomic E-state index is 12.8. The van der Waals surface area contributed by atoms with Crippen molar-refractivity contribution in [2.45, 2.75) is 0 Å². The summed E-state index contributed by atoms with van der Waals surface area (Å²) in [5.41, 5.74) is 5.98. The van der Waals surface area contributed by atoms with Crippen LogP contribution in [0.3, 0.4) is 0 Å². The minimum absolute atomic E-state index is 0.0283. The van der Waals surface area contributed by atoms with Crippen molar-refractivity contribution >= 4 is 29.0 Å². The van der Waals surface area contributed by atoms with Gasteiger partial charge in [0.15, 0.2) is 5.82 Å². The Morgan fingerprint density at radius 3 is 2.88 bits per heavy atom. The molecule has 1 aromatic heterocycles. The number of halogens is 2. The van der Waals surface area contributed by atoms with Crippen molar-refractivity contribution in [1.82, 2.24) is 10.2 Å². The van der Waals surface area contributed by atoms with Crippen LogP contribution in [0.25, 0.3) is 0 Å². The molecule has 2 rings (SSSR count). The second-order valence-electron chi connectivity index (χ2n) is 3.28. The average molecular weight is 255 g/mol. The van der Waals surface area contributed by atoms with Crippen LogP contribution in [0, 0.1) is 5.82 Å². The number of carbonyl (C=O) groups excluding carboxylic acids is 1. The van der Waals surface area contributed by atoms with Crippen LogP contribution in [0.15, 0.2) is 24.4 Å². The minimum Gasteiger partial charge on any atom is -0.394 e. The van der Waals surface area contributed by atoms with E-state index in [-0.39, 0.29) is 16.4 Å². The molecule has 5 nitrogen and oxygen atoms in total. The molecule has 88 valence electrons. The molecule has 1 amide bonds. The highest BCUT2D eigenvalue weighted by atomic mass is 35.5. The maximum Gasteiger partial charge on any atom is 0.258 e. The molecular weight excluding hydrogens is 247 g/mol. The van der Waals surface area contributed by atoms with E-state index in [1.165, 1.54) is 12.3 Å². The Hall–Kier alpha value is -2.08. The molecule has 0 unspecified atom stereocenters. The molecule has 0 aliphatic carbocycles. The Kier molecular flexibility index (Phi) is 2.97. The van der Waals surface area contributed by atoms with E-state index >= 15 is 0 Å². The Balaban J connectivity index is 2.23. The molecule has 0 fully saturated rings. The van der Waals surface area contributed by atoms with Gasteiger partial charge in [0.1, 0.15) is 5.82 Å². The third kappa shape index (κ3) is 2.36. The van der Waals surface area contributed by atoms with Gasteiger partial charge in [-0.15, -0.1) is 0 Å². The fourth-order valence-electron chi connectivity index (χ4n) is 1.25. The highest BCUT2D eigenvalue weighted by Crippen LogP contribution is 2.20. The lowest BCUT2D eigenvalue weighted by Gasteiger charge is -2.05. The van der Waals surface area contributed by atoms with E-state index in [9.17, 15) is 9.18 Å². The fraction of sp³-hybridized carbons (Fsp3) is 0. The number of hydrogen-bond acceptors (Lipinski definition) is 3. The summed E-state index contributed by atoms with van der Waals surface area (Å²) < 4.78 is 12.8. The molecule has 0 saturated heterocycles. The first-order chi connectivity index (χ1) is 8.08. The van der Waals surface area contributed by atoms with Gasteiger partial charge in [-0.2, -0.15) is 5.10 Å². The van der Waals surface area contributed by atoms with Gasteiger partial charge < -0.3 is 11.1 Å². The zero-order chi connectivity index (χ0) is 12.4. The molecule has 2 aromatic rings. The standard InChI is InChI=1S/C10H8ClFN4O/c11-7-3-5(12)1-2-6(7)10(17)15-9-8(13)4-14-16-9/h1-4H,13H2,(H2,14,15,16,17). The number of carbonyl (C=O) groups is 1. The number of nitrogen functional groups attached to an aromatic ring is 1. The molecule has 0 aliphatic rings. The van der Waals surface area contributed by atoms with Gasteiger partial charge >= 0.3 is 0 Å². The zero-order valence-electron chi connectivity index (χ0n) is 8.50. The molecule has 4 N–H and O–H groups in total. The van der Waals surface area contributed by atoms with E-state index in [2.05, 4.69) is 15.5 Å². The van der Waals surface area contributed by atoms with Crippen molar-refractivity contribution in [2.24, 2.45) is 0 Å². The number of nitrogens with one attached hydrogen (secondary N) is 2. The van der Waals surface area contributed by atoms with Gasteiger partial charge in [0, 0.05) is 0 Å². The minimum atomic E-state index is -0.507. The summed E-state index contributed by atoms with van der Waals surface area (Å²) in [6.07, 6.45) is 1.36. The van der Waals surface area contributed by atoms with Crippen molar-refractivity contribution in [3.05, 3.63) is 40.8 Å². The second-order valence-corrected chi connectivity index (χ2v) is 3.69. The van der Waals surface area contributed by atoms with E-state index in [0.29, 0.717) is 5.69 Å². The summed E-state index contributed by atoms with van der Waals surface area (Å²) in [6.45, 7) is 0. The van der Waals surface area contributed by atoms with Crippen LogP contribution in [0.2, 0.25) is 5.02 Å². The van der Waals surface area contributed by atoms with Gasteiger partial charge in [-0.25, -0.2) is 4.39 Å². The van der Waals surface area contributed by atoms with Crippen molar-refractivity contribution in [1.29, 1.82) is 0 Å². The summed E-state index contributed by atoms with van der Waals surface area (Å²) >= 11 is 5.75. The van der Waals surface area contributed by atoms with Crippen LogP contribution in [0.1, 0.15) is 10.4 Å². The molecule has 0 saturated carbocycles. The first kappa shape index (κ1) is 11.4. The van der Waals surface area contributed by atoms with Gasteiger partial charge in [-0.3, -0.25) is 9.89 Å². The van der Waals surface area contributed by atoms with Crippen LogP contribution in [0.4, 0.5) is 15.9 Å². The summed E-state index contributed by atoms with van der Waals surface area (Å²) in [5, 5.41) is 8.67. The smallest absolute Gasteiger partial charge is 0.258 e. The Morgan fingerprint density at radius 2 is 2.29 bits per heavy atom. The summed E-state index contributed by atoms with van der Waals surface area (Å²) in [4.78, 5) is 11.8. The van der Waals surface area contributed by atoms with E-state index in [4.69, 9.17) is 17.3 Å². The quantitative estimate of drug-likeness (QED) is 0.767. The molecule has 0 atom stereocenters. The van der Waals surface area contributed by atoms with Crippen molar-refractivity contribution < 1.29 is 9.18 Å². The van der Waals surface area contributed by atoms with Gasteiger partial charge in [0.25, 0.3) is 5.91 Å². The van der Waals surface area contributed by atoms with E-state index < -0.39 is 11.7 Å². The lowest BCUT2D eigenvalue weighted by Crippen LogP contribution is -2.13. The summed E-state index contributed by atoms with van der Waals surface area (Å²) in [7, 11) is 0. The number of aromatic amines is 1. The molecule has 0 radical (unpaired) electrons. The molecule has 17 heavy (non-hydrogen) atoms. The van der Waals surface area contributed by atoms with E-state index in [1.54, 1.807) is 0 Å².